The number of nitrogens with one attached hydrogen (secondary N) is 1. The summed E-state index contributed by atoms with van der Waals surface area (Å²) in [5.74, 6) is -0.652. The molecule has 1 amide bonds. The number of rotatable bonds is 4. The number of nitrogens with zero attached hydrogens (tertiary/aromatic N) is 2. The summed E-state index contributed by atoms with van der Waals surface area (Å²) < 4.78 is 4.71. The van der Waals surface area contributed by atoms with Crippen LogP contribution in [0.5, 0.6) is 0 Å². The summed E-state index contributed by atoms with van der Waals surface area (Å²) in [4.78, 5) is 34.0. The number of anilines is 2. The molecule has 0 aliphatic rings. The number of benzene rings is 3. The summed E-state index contributed by atoms with van der Waals surface area (Å²) in [6.07, 6.45) is 1.62. The van der Waals surface area contributed by atoms with E-state index in [1.54, 1.807) is 35.5 Å². The lowest BCUT2D eigenvalue weighted by Gasteiger charge is -2.23. The number of esters is 1. The van der Waals surface area contributed by atoms with Gasteiger partial charge in [0, 0.05) is 11.3 Å². The number of H-pyrrole nitrogens is 1. The van der Waals surface area contributed by atoms with Crippen molar-refractivity contribution in [2.75, 3.05) is 12.0 Å². The van der Waals surface area contributed by atoms with E-state index in [0.29, 0.717) is 16.8 Å². The lowest BCUT2D eigenvalue weighted by atomic mass is 10.1. The first-order chi connectivity index (χ1) is 13.7. The van der Waals surface area contributed by atoms with Crippen molar-refractivity contribution in [1.82, 2.24) is 9.97 Å². The lowest BCUT2D eigenvalue weighted by molar-refractivity contribution is 0.0600. The summed E-state index contributed by atoms with van der Waals surface area (Å²) in [5.41, 5.74) is 3.95. The van der Waals surface area contributed by atoms with Crippen LogP contribution in [0.25, 0.3) is 11.0 Å². The topological polar surface area (TPSA) is 75.3 Å². The summed E-state index contributed by atoms with van der Waals surface area (Å²) in [6.45, 7) is 0. The molecule has 6 heteroatoms. The van der Waals surface area contributed by atoms with E-state index in [2.05, 4.69) is 9.97 Å². The predicted octanol–water partition coefficient (Wildman–Crippen LogP) is 4.33. The second-order valence-corrected chi connectivity index (χ2v) is 6.15. The number of amides is 1. The van der Waals surface area contributed by atoms with Crippen molar-refractivity contribution in [2.24, 2.45) is 0 Å². The van der Waals surface area contributed by atoms with Crippen LogP contribution in [0.3, 0.4) is 0 Å². The predicted molar refractivity (Wildman–Crippen MR) is 107 cm³/mol. The lowest BCUT2D eigenvalue weighted by Crippen LogP contribution is -2.26. The fraction of sp³-hybridized carbons (Fsp3) is 0.0455. The molecule has 1 aromatic heterocycles. The second-order valence-electron chi connectivity index (χ2n) is 6.15. The van der Waals surface area contributed by atoms with Gasteiger partial charge in [-0.1, -0.05) is 18.2 Å². The SMILES string of the molecule is COC(=O)c1ccc(C(=O)N(c2ccccc2)c2ccc3[nH]cnc3c2)cc1. The number of para-hydroxylation sites is 1. The number of hydrogen-bond donors (Lipinski definition) is 1. The molecule has 0 saturated heterocycles. The fourth-order valence-electron chi connectivity index (χ4n) is 3.02. The Kier molecular flexibility index (Phi) is 4.60. The first kappa shape index (κ1) is 17.5. The van der Waals surface area contributed by atoms with Gasteiger partial charge in [-0.15, -0.1) is 0 Å². The Morgan fingerprint density at radius 3 is 2.32 bits per heavy atom. The van der Waals surface area contributed by atoms with E-state index >= 15 is 0 Å². The third-order valence-electron chi connectivity index (χ3n) is 4.43. The number of aromatic nitrogens is 2. The van der Waals surface area contributed by atoms with Gasteiger partial charge >= 0.3 is 5.97 Å². The summed E-state index contributed by atoms with van der Waals surface area (Å²) >= 11 is 0. The highest BCUT2D eigenvalue weighted by atomic mass is 16.5. The third kappa shape index (κ3) is 3.23. The van der Waals surface area contributed by atoms with Gasteiger partial charge in [-0.05, 0) is 54.6 Å². The van der Waals surface area contributed by atoms with E-state index in [9.17, 15) is 9.59 Å². The Hall–Kier alpha value is -3.93. The number of hydrogen-bond acceptors (Lipinski definition) is 4. The van der Waals surface area contributed by atoms with Crippen molar-refractivity contribution in [3.63, 3.8) is 0 Å². The molecule has 3 aromatic carbocycles. The van der Waals surface area contributed by atoms with Crippen LogP contribution in [0.4, 0.5) is 11.4 Å². The minimum absolute atomic E-state index is 0.211. The molecule has 28 heavy (non-hydrogen) atoms. The molecule has 0 saturated carbocycles. The maximum atomic E-state index is 13.4. The smallest absolute Gasteiger partial charge is 0.337 e. The summed E-state index contributed by atoms with van der Waals surface area (Å²) in [5, 5.41) is 0. The Labute approximate surface area is 161 Å². The van der Waals surface area contributed by atoms with E-state index in [-0.39, 0.29) is 5.91 Å². The van der Waals surface area contributed by atoms with Crippen LogP contribution in [0.2, 0.25) is 0 Å². The second kappa shape index (κ2) is 7.36. The van der Waals surface area contributed by atoms with Gasteiger partial charge < -0.3 is 9.72 Å². The molecule has 6 nitrogen and oxygen atoms in total. The molecular formula is C22H17N3O3. The largest absolute Gasteiger partial charge is 0.465 e. The zero-order valence-electron chi connectivity index (χ0n) is 15.1. The normalized spacial score (nSPS) is 10.6. The number of aromatic amines is 1. The van der Waals surface area contributed by atoms with Gasteiger partial charge in [-0.2, -0.15) is 0 Å². The number of carbonyl (C=O) groups is 2. The van der Waals surface area contributed by atoms with Crippen molar-refractivity contribution in [3.8, 4) is 0 Å². The van der Waals surface area contributed by atoms with Gasteiger partial charge in [0.25, 0.3) is 5.91 Å². The fourth-order valence-corrected chi connectivity index (χ4v) is 3.02. The van der Waals surface area contributed by atoms with E-state index < -0.39 is 5.97 Å². The number of ether oxygens (including phenoxy) is 1. The molecule has 0 atom stereocenters. The molecule has 0 spiro atoms. The molecule has 4 rings (SSSR count). The van der Waals surface area contributed by atoms with Crippen LogP contribution in [-0.2, 0) is 4.74 Å². The molecule has 0 fully saturated rings. The number of methoxy groups -OCH3 is 1. The van der Waals surface area contributed by atoms with Gasteiger partial charge in [0.2, 0.25) is 0 Å². The minimum Gasteiger partial charge on any atom is -0.465 e. The van der Waals surface area contributed by atoms with E-state index in [1.807, 2.05) is 48.5 Å². The zero-order chi connectivity index (χ0) is 19.5. The number of imidazole rings is 1. The average Bonchev–Trinajstić information content (AvgIpc) is 3.22. The highest BCUT2D eigenvalue weighted by molar-refractivity contribution is 6.11. The van der Waals surface area contributed by atoms with Crippen LogP contribution in [0.1, 0.15) is 20.7 Å². The molecule has 0 unspecified atom stereocenters. The first-order valence-corrected chi connectivity index (χ1v) is 8.68. The van der Waals surface area contributed by atoms with Crippen LogP contribution < -0.4 is 4.90 Å². The van der Waals surface area contributed by atoms with Crippen molar-refractivity contribution in [2.45, 2.75) is 0 Å². The summed E-state index contributed by atoms with van der Waals surface area (Å²) in [7, 11) is 1.32. The average molecular weight is 371 g/mol. The highest BCUT2D eigenvalue weighted by Crippen LogP contribution is 2.29. The zero-order valence-corrected chi connectivity index (χ0v) is 15.1. The van der Waals surface area contributed by atoms with Crippen molar-refractivity contribution >= 4 is 34.3 Å². The molecule has 1 heterocycles. The van der Waals surface area contributed by atoms with Gasteiger partial charge in [0.05, 0.1) is 35.7 Å². The Balaban J connectivity index is 1.77. The standard InChI is InChI=1S/C22H17N3O3/c1-28-22(27)16-9-7-15(8-10-16)21(26)25(17-5-3-2-4-6-17)18-11-12-19-20(13-18)24-14-23-19/h2-14H,1H3,(H,23,24). The molecule has 0 bridgehead atoms. The molecule has 4 aromatic rings. The van der Waals surface area contributed by atoms with Crippen molar-refractivity contribution in [3.05, 3.63) is 90.3 Å². The number of fused-ring (bicyclic) bond motifs is 1. The molecular weight excluding hydrogens is 354 g/mol. The Morgan fingerprint density at radius 1 is 0.893 bits per heavy atom. The molecule has 138 valence electrons. The third-order valence-corrected chi connectivity index (χ3v) is 4.43. The van der Waals surface area contributed by atoms with Crippen LogP contribution in [0, 0.1) is 0 Å². The molecule has 0 aliphatic heterocycles. The highest BCUT2D eigenvalue weighted by Gasteiger charge is 2.21. The van der Waals surface area contributed by atoms with Crippen LogP contribution in [-0.4, -0.2) is 29.0 Å². The minimum atomic E-state index is -0.442. The van der Waals surface area contributed by atoms with E-state index in [0.717, 1.165) is 16.7 Å². The van der Waals surface area contributed by atoms with Crippen LogP contribution >= 0.6 is 0 Å². The van der Waals surface area contributed by atoms with Gasteiger partial charge in [0.15, 0.2) is 0 Å². The molecule has 1 N–H and O–H groups in total. The molecule has 0 radical (unpaired) electrons. The van der Waals surface area contributed by atoms with Crippen molar-refractivity contribution in [1.29, 1.82) is 0 Å². The Morgan fingerprint density at radius 2 is 1.61 bits per heavy atom. The maximum Gasteiger partial charge on any atom is 0.337 e. The van der Waals surface area contributed by atoms with Crippen molar-refractivity contribution < 1.29 is 14.3 Å². The van der Waals surface area contributed by atoms with Crippen LogP contribution in [0.15, 0.2) is 79.1 Å². The van der Waals surface area contributed by atoms with Gasteiger partial charge in [-0.3, -0.25) is 9.69 Å². The quantitative estimate of drug-likeness (QED) is 0.542. The molecule has 0 aliphatic carbocycles. The maximum absolute atomic E-state index is 13.4. The number of carbonyl (C=O) groups excluding carboxylic acids is 2. The monoisotopic (exact) mass is 371 g/mol. The van der Waals surface area contributed by atoms with E-state index in [4.69, 9.17) is 4.74 Å². The van der Waals surface area contributed by atoms with Gasteiger partial charge in [0.1, 0.15) is 0 Å². The Bertz CT molecular complexity index is 1130. The van der Waals surface area contributed by atoms with E-state index in [1.165, 1.54) is 7.11 Å². The summed E-state index contributed by atoms with van der Waals surface area (Å²) in [6, 6.07) is 21.4. The first-order valence-electron chi connectivity index (χ1n) is 8.68. The van der Waals surface area contributed by atoms with Gasteiger partial charge in [-0.25, -0.2) is 9.78 Å².